The van der Waals surface area contributed by atoms with Gasteiger partial charge < -0.3 is 9.47 Å². The number of aryl methyl sites for hydroxylation is 1. The Morgan fingerprint density at radius 1 is 1.07 bits per heavy atom. The Hall–Kier alpha value is -4.53. The molecule has 0 aliphatic rings. The molecular formula is C32H36N4O5. The molecule has 0 fully saturated rings. The Labute approximate surface area is 239 Å². The zero-order chi connectivity index (χ0) is 29.9. The number of non-ortho nitro benzene ring substituents is 1. The average molecular weight is 557 g/mol. The number of rotatable bonds is 9. The molecule has 0 unspecified atom stereocenters. The Balaban J connectivity index is 1.95. The van der Waals surface area contributed by atoms with Gasteiger partial charge in [0.25, 0.3) is 11.2 Å². The lowest BCUT2D eigenvalue weighted by Crippen LogP contribution is -2.21. The van der Waals surface area contributed by atoms with Crippen LogP contribution in [0.2, 0.25) is 0 Å². The third kappa shape index (κ3) is 6.62. The summed E-state index contributed by atoms with van der Waals surface area (Å²) in [7, 11) is 0. The van der Waals surface area contributed by atoms with Crippen molar-refractivity contribution in [3.05, 3.63) is 91.8 Å². The standard InChI is InChI=1S/C32H36N4O5/c1-8-40-29-15-21(4)26(17-25(29)20(2)3)30-34-27-12-10-9-11-24(27)31(37)35(30)33-18-22-16-23(36(38)39)13-14-28(22)41-19-32(5,6)7/h9-18,20H,8,19H2,1-7H3. The Morgan fingerprint density at radius 2 is 1.80 bits per heavy atom. The summed E-state index contributed by atoms with van der Waals surface area (Å²) in [6.45, 7) is 15.1. The van der Waals surface area contributed by atoms with E-state index in [1.165, 1.54) is 23.0 Å². The lowest BCUT2D eigenvalue weighted by Gasteiger charge is -2.20. The van der Waals surface area contributed by atoms with Crippen LogP contribution in [0.25, 0.3) is 22.3 Å². The summed E-state index contributed by atoms with van der Waals surface area (Å²) in [4.78, 5) is 29.7. The number of nitrogens with zero attached hydrogens (tertiary/aromatic N) is 4. The van der Waals surface area contributed by atoms with Crippen LogP contribution in [-0.2, 0) is 0 Å². The second kappa shape index (κ2) is 11.9. The van der Waals surface area contributed by atoms with Crippen LogP contribution >= 0.6 is 0 Å². The van der Waals surface area contributed by atoms with E-state index in [1.807, 2.05) is 52.8 Å². The van der Waals surface area contributed by atoms with Crippen LogP contribution in [0.5, 0.6) is 11.5 Å². The Kier molecular flexibility index (Phi) is 8.56. The van der Waals surface area contributed by atoms with Crippen LogP contribution in [-0.4, -0.2) is 34.0 Å². The first-order valence-electron chi connectivity index (χ1n) is 13.6. The van der Waals surface area contributed by atoms with Gasteiger partial charge in [-0.1, -0.05) is 46.8 Å². The summed E-state index contributed by atoms with van der Waals surface area (Å²) < 4.78 is 13.2. The maximum atomic E-state index is 13.8. The monoisotopic (exact) mass is 556 g/mol. The van der Waals surface area contributed by atoms with Gasteiger partial charge in [0.2, 0.25) is 0 Å². The Morgan fingerprint density at radius 3 is 2.46 bits per heavy atom. The van der Waals surface area contributed by atoms with Crippen molar-refractivity contribution < 1.29 is 14.4 Å². The SMILES string of the molecule is CCOc1cc(C)c(-c2nc3ccccc3c(=O)n2N=Cc2cc([N+](=O)[O-])ccc2OCC(C)(C)C)cc1C(C)C. The van der Waals surface area contributed by atoms with Crippen LogP contribution in [0.15, 0.2) is 64.5 Å². The van der Waals surface area contributed by atoms with Crippen LogP contribution in [0.1, 0.15) is 64.2 Å². The first-order valence-corrected chi connectivity index (χ1v) is 13.6. The van der Waals surface area contributed by atoms with Gasteiger partial charge in [0.15, 0.2) is 5.82 Å². The van der Waals surface area contributed by atoms with Crippen LogP contribution in [0.3, 0.4) is 0 Å². The molecule has 1 heterocycles. The minimum absolute atomic E-state index is 0.109. The van der Waals surface area contributed by atoms with Crippen molar-refractivity contribution in [2.45, 2.75) is 54.4 Å². The third-order valence-corrected chi connectivity index (χ3v) is 6.45. The van der Waals surface area contributed by atoms with E-state index in [-0.39, 0.29) is 22.6 Å². The third-order valence-electron chi connectivity index (χ3n) is 6.45. The quantitative estimate of drug-likeness (QED) is 0.123. The zero-order valence-corrected chi connectivity index (χ0v) is 24.6. The fourth-order valence-electron chi connectivity index (χ4n) is 4.37. The largest absolute Gasteiger partial charge is 0.494 e. The van der Waals surface area contributed by atoms with Crippen LogP contribution in [0.4, 0.5) is 5.69 Å². The van der Waals surface area contributed by atoms with Crippen LogP contribution in [0, 0.1) is 22.5 Å². The molecule has 1 aromatic heterocycles. The molecule has 0 aliphatic heterocycles. The van der Waals surface area contributed by atoms with Crippen molar-refractivity contribution in [3.8, 4) is 22.9 Å². The molecule has 0 N–H and O–H groups in total. The number of hydrogen-bond donors (Lipinski definition) is 0. The van der Waals surface area contributed by atoms with Gasteiger partial charge in [-0.25, -0.2) is 4.98 Å². The maximum Gasteiger partial charge on any atom is 0.282 e. The average Bonchev–Trinajstić information content (AvgIpc) is 2.91. The molecule has 41 heavy (non-hydrogen) atoms. The van der Waals surface area contributed by atoms with E-state index in [9.17, 15) is 14.9 Å². The minimum Gasteiger partial charge on any atom is -0.494 e. The highest BCUT2D eigenvalue weighted by Gasteiger charge is 2.20. The number of benzene rings is 3. The lowest BCUT2D eigenvalue weighted by molar-refractivity contribution is -0.384. The summed E-state index contributed by atoms with van der Waals surface area (Å²) in [5.41, 5.74) is 2.91. The molecule has 214 valence electrons. The summed E-state index contributed by atoms with van der Waals surface area (Å²) in [6.07, 6.45) is 1.42. The summed E-state index contributed by atoms with van der Waals surface area (Å²) in [6, 6.07) is 15.4. The van der Waals surface area contributed by atoms with Gasteiger partial charge in [0, 0.05) is 23.3 Å². The smallest absolute Gasteiger partial charge is 0.282 e. The van der Waals surface area contributed by atoms with Crippen molar-refractivity contribution in [2.75, 3.05) is 13.2 Å². The van der Waals surface area contributed by atoms with E-state index < -0.39 is 4.92 Å². The van der Waals surface area contributed by atoms with Crippen LogP contribution < -0.4 is 15.0 Å². The topological polar surface area (TPSA) is 109 Å². The number of ether oxygens (including phenoxy) is 2. The van der Waals surface area contributed by atoms with Crippen molar-refractivity contribution in [2.24, 2.45) is 10.5 Å². The number of nitro groups is 1. The molecule has 0 amide bonds. The van der Waals surface area contributed by atoms with E-state index in [0.717, 1.165) is 22.4 Å². The van der Waals surface area contributed by atoms with E-state index in [2.05, 4.69) is 18.9 Å². The molecule has 4 rings (SSSR count). The fraction of sp³-hybridized carbons (Fsp3) is 0.344. The van der Waals surface area contributed by atoms with Gasteiger partial charge in [-0.15, -0.1) is 0 Å². The second-order valence-corrected chi connectivity index (χ2v) is 11.4. The molecule has 0 bridgehead atoms. The number of nitro benzene ring substituents is 1. The highest BCUT2D eigenvalue weighted by atomic mass is 16.6. The van der Waals surface area contributed by atoms with E-state index >= 15 is 0 Å². The lowest BCUT2D eigenvalue weighted by atomic mass is 9.96. The molecule has 0 radical (unpaired) electrons. The number of hydrogen-bond acceptors (Lipinski definition) is 7. The van der Waals surface area contributed by atoms with Crippen molar-refractivity contribution in [1.29, 1.82) is 0 Å². The predicted octanol–water partition coefficient (Wildman–Crippen LogP) is 7.11. The fourth-order valence-corrected chi connectivity index (χ4v) is 4.37. The van der Waals surface area contributed by atoms with Gasteiger partial charge in [0.05, 0.1) is 35.3 Å². The van der Waals surface area contributed by atoms with E-state index in [4.69, 9.17) is 14.5 Å². The van der Waals surface area contributed by atoms with Gasteiger partial charge >= 0.3 is 0 Å². The first kappa shape index (κ1) is 29.5. The van der Waals surface area contributed by atoms with Crippen molar-refractivity contribution in [3.63, 3.8) is 0 Å². The zero-order valence-electron chi connectivity index (χ0n) is 24.6. The molecule has 0 saturated heterocycles. The van der Waals surface area contributed by atoms with Gasteiger partial charge in [-0.3, -0.25) is 14.9 Å². The normalized spacial score (nSPS) is 11.9. The first-order chi connectivity index (χ1) is 19.4. The highest BCUT2D eigenvalue weighted by Crippen LogP contribution is 2.34. The van der Waals surface area contributed by atoms with Gasteiger partial charge in [-0.05, 0) is 66.6 Å². The number of para-hydroxylation sites is 1. The van der Waals surface area contributed by atoms with Crippen molar-refractivity contribution >= 4 is 22.8 Å². The second-order valence-electron chi connectivity index (χ2n) is 11.4. The predicted molar refractivity (Wildman–Crippen MR) is 162 cm³/mol. The number of fused-ring (bicyclic) bond motifs is 1. The molecule has 0 saturated carbocycles. The summed E-state index contributed by atoms with van der Waals surface area (Å²) in [5, 5.41) is 16.5. The molecule has 0 spiro atoms. The molecular weight excluding hydrogens is 520 g/mol. The summed E-state index contributed by atoms with van der Waals surface area (Å²) in [5.74, 6) is 1.73. The van der Waals surface area contributed by atoms with Gasteiger partial charge in [-0.2, -0.15) is 9.78 Å². The molecule has 9 heteroatoms. The summed E-state index contributed by atoms with van der Waals surface area (Å²) >= 11 is 0. The molecule has 0 aliphatic carbocycles. The van der Waals surface area contributed by atoms with Gasteiger partial charge in [0.1, 0.15) is 11.5 Å². The molecule has 9 nitrogen and oxygen atoms in total. The van der Waals surface area contributed by atoms with Crippen molar-refractivity contribution in [1.82, 2.24) is 9.66 Å². The Bertz CT molecular complexity index is 1680. The minimum atomic E-state index is -0.475. The molecule has 0 atom stereocenters. The maximum absolute atomic E-state index is 13.8. The molecule has 4 aromatic rings. The number of aromatic nitrogens is 2. The van der Waals surface area contributed by atoms with E-state index in [1.54, 1.807) is 24.3 Å². The highest BCUT2D eigenvalue weighted by molar-refractivity contribution is 5.85. The molecule has 3 aromatic carbocycles. The van der Waals surface area contributed by atoms with E-state index in [0.29, 0.717) is 41.3 Å².